The fourth-order valence-electron chi connectivity index (χ4n) is 3.22. The van der Waals surface area contributed by atoms with Gasteiger partial charge < -0.3 is 14.7 Å². The van der Waals surface area contributed by atoms with E-state index in [4.69, 9.17) is 4.42 Å². The number of H-pyrrole nitrogens is 1. The van der Waals surface area contributed by atoms with Crippen molar-refractivity contribution in [1.82, 2.24) is 10.3 Å². The molecule has 0 saturated carbocycles. The number of rotatable bonds is 2. The lowest BCUT2D eigenvalue weighted by Crippen LogP contribution is -2.30. The Kier molecular flexibility index (Phi) is 3.30. The van der Waals surface area contributed by atoms with Crippen LogP contribution in [0.1, 0.15) is 40.7 Å². The van der Waals surface area contributed by atoms with Crippen molar-refractivity contribution in [2.45, 2.75) is 25.3 Å². The molecule has 0 unspecified atom stereocenters. The number of hydrogen-bond donors (Lipinski definition) is 2. The van der Waals surface area contributed by atoms with Crippen molar-refractivity contribution in [2.24, 2.45) is 0 Å². The lowest BCUT2D eigenvalue weighted by Gasteiger charge is -2.23. The van der Waals surface area contributed by atoms with Gasteiger partial charge in [-0.3, -0.25) is 4.79 Å². The van der Waals surface area contributed by atoms with E-state index < -0.39 is 0 Å². The van der Waals surface area contributed by atoms with Crippen LogP contribution in [-0.4, -0.2) is 10.9 Å². The normalized spacial score (nSPS) is 17.4. The summed E-state index contributed by atoms with van der Waals surface area (Å²) in [6, 6.07) is 11.7. The van der Waals surface area contributed by atoms with E-state index in [0.717, 1.165) is 30.5 Å². The molecule has 0 saturated heterocycles. The number of fused-ring (bicyclic) bond motifs is 3. The Morgan fingerprint density at radius 2 is 2.14 bits per heavy atom. The molecule has 0 fully saturated rings. The molecule has 1 aliphatic rings. The first-order valence-electron chi connectivity index (χ1n) is 7.38. The molecule has 2 N–H and O–H groups in total. The smallest absolute Gasteiger partial charge is 0.287 e. The zero-order valence-corrected chi connectivity index (χ0v) is 13.4. The molecule has 0 spiro atoms. The Labute approximate surface area is 136 Å². The quantitative estimate of drug-likeness (QED) is 0.716. The van der Waals surface area contributed by atoms with Crippen LogP contribution in [0.3, 0.4) is 0 Å². The largest absolute Gasteiger partial charge is 0.444 e. The van der Waals surface area contributed by atoms with Gasteiger partial charge in [0.15, 0.2) is 10.4 Å². The topological polar surface area (TPSA) is 58.0 Å². The van der Waals surface area contributed by atoms with E-state index in [0.29, 0.717) is 10.4 Å². The first-order chi connectivity index (χ1) is 10.7. The van der Waals surface area contributed by atoms with Crippen LogP contribution in [0.2, 0.25) is 0 Å². The fraction of sp³-hybridized carbons (Fsp3) is 0.235. The fourth-order valence-corrected chi connectivity index (χ4v) is 3.53. The van der Waals surface area contributed by atoms with Crippen LogP contribution < -0.4 is 5.32 Å². The van der Waals surface area contributed by atoms with E-state index in [1.165, 1.54) is 10.9 Å². The molecule has 112 valence electrons. The molecule has 2 aromatic heterocycles. The number of carbonyl (C=O) groups excluding carboxylic acids is 1. The molecule has 4 nitrogen and oxygen atoms in total. The minimum absolute atomic E-state index is 0.00697. The number of furan rings is 1. The summed E-state index contributed by atoms with van der Waals surface area (Å²) in [4.78, 5) is 15.8. The molecule has 1 aliphatic carbocycles. The van der Waals surface area contributed by atoms with Gasteiger partial charge in [0, 0.05) is 16.6 Å². The maximum atomic E-state index is 12.3. The molecule has 1 atom stereocenters. The molecule has 3 aromatic rings. The third kappa shape index (κ3) is 2.25. The zero-order chi connectivity index (χ0) is 15.1. The van der Waals surface area contributed by atoms with Crippen molar-refractivity contribution in [1.29, 1.82) is 0 Å². The van der Waals surface area contributed by atoms with Gasteiger partial charge in [-0.25, -0.2) is 0 Å². The number of benzene rings is 1. The highest BCUT2D eigenvalue weighted by Crippen LogP contribution is 2.34. The summed E-state index contributed by atoms with van der Waals surface area (Å²) < 4.78 is 5.89. The molecule has 22 heavy (non-hydrogen) atoms. The monoisotopic (exact) mass is 358 g/mol. The van der Waals surface area contributed by atoms with Crippen molar-refractivity contribution in [3.8, 4) is 0 Å². The third-order valence-electron chi connectivity index (χ3n) is 4.22. The van der Waals surface area contributed by atoms with Crippen LogP contribution in [0.5, 0.6) is 0 Å². The SMILES string of the molecule is O=C(N[C@H]1CCCc2c1[nH]c1ccccc21)c1ccc(Br)o1. The molecule has 0 bridgehead atoms. The van der Waals surface area contributed by atoms with Crippen molar-refractivity contribution < 1.29 is 9.21 Å². The van der Waals surface area contributed by atoms with Crippen LogP contribution in [0, 0.1) is 0 Å². The summed E-state index contributed by atoms with van der Waals surface area (Å²) in [5.41, 5.74) is 3.59. The number of aromatic nitrogens is 1. The Morgan fingerprint density at radius 3 is 2.95 bits per heavy atom. The number of halogens is 1. The average Bonchev–Trinajstić information content (AvgIpc) is 3.12. The van der Waals surface area contributed by atoms with Crippen LogP contribution >= 0.6 is 15.9 Å². The predicted octanol–water partition coefficient (Wildman–Crippen LogP) is 4.33. The molecule has 5 heteroatoms. The highest BCUT2D eigenvalue weighted by molar-refractivity contribution is 9.10. The van der Waals surface area contributed by atoms with Gasteiger partial charge in [-0.05, 0) is 59.0 Å². The first kappa shape index (κ1) is 13.6. The molecule has 0 aliphatic heterocycles. The van der Waals surface area contributed by atoms with Gasteiger partial charge in [-0.2, -0.15) is 0 Å². The van der Waals surface area contributed by atoms with E-state index in [9.17, 15) is 4.79 Å². The molecular weight excluding hydrogens is 344 g/mol. The Balaban J connectivity index is 1.66. The standard InChI is InChI=1S/C17H15BrN2O2/c18-15-9-8-14(22-15)17(21)20-13-7-3-5-11-10-4-1-2-6-12(10)19-16(11)13/h1-2,4,6,8-9,13,19H,3,5,7H2,(H,20,21)/t13-/m0/s1. The van der Waals surface area contributed by atoms with Crippen molar-refractivity contribution in [3.63, 3.8) is 0 Å². The van der Waals surface area contributed by atoms with Crippen molar-refractivity contribution in [3.05, 3.63) is 58.1 Å². The van der Waals surface area contributed by atoms with E-state index in [1.54, 1.807) is 12.1 Å². The maximum Gasteiger partial charge on any atom is 0.287 e. The number of para-hydroxylation sites is 1. The summed E-state index contributed by atoms with van der Waals surface area (Å²) in [5.74, 6) is 0.150. The second kappa shape index (κ2) is 5.32. The molecule has 1 amide bonds. The van der Waals surface area contributed by atoms with Crippen molar-refractivity contribution in [2.75, 3.05) is 0 Å². The Bertz CT molecular complexity index is 849. The van der Waals surface area contributed by atoms with E-state index in [1.807, 2.05) is 6.07 Å². The number of hydrogen-bond acceptors (Lipinski definition) is 2. The molecule has 1 aromatic carbocycles. The minimum atomic E-state index is -0.179. The minimum Gasteiger partial charge on any atom is -0.444 e. The number of carbonyl (C=O) groups is 1. The summed E-state index contributed by atoms with van der Waals surface area (Å²) in [6.45, 7) is 0. The van der Waals surface area contributed by atoms with Gasteiger partial charge >= 0.3 is 0 Å². The van der Waals surface area contributed by atoms with Crippen LogP contribution in [0.15, 0.2) is 45.5 Å². The molecule has 4 rings (SSSR count). The number of aromatic amines is 1. The van der Waals surface area contributed by atoms with E-state index >= 15 is 0 Å². The van der Waals surface area contributed by atoms with Gasteiger partial charge in [-0.15, -0.1) is 0 Å². The zero-order valence-electron chi connectivity index (χ0n) is 11.9. The molecular formula is C17H15BrN2O2. The maximum absolute atomic E-state index is 12.3. The van der Waals surface area contributed by atoms with Crippen LogP contribution in [-0.2, 0) is 6.42 Å². The van der Waals surface area contributed by atoms with Gasteiger partial charge in [0.1, 0.15) is 0 Å². The summed E-state index contributed by atoms with van der Waals surface area (Å²) in [7, 11) is 0. The van der Waals surface area contributed by atoms with Crippen molar-refractivity contribution >= 4 is 32.7 Å². The number of amides is 1. The Morgan fingerprint density at radius 1 is 1.27 bits per heavy atom. The second-order valence-corrected chi connectivity index (χ2v) is 6.37. The number of aryl methyl sites for hydroxylation is 1. The summed E-state index contributed by atoms with van der Waals surface area (Å²) >= 11 is 3.22. The van der Waals surface area contributed by atoms with Gasteiger partial charge in [0.05, 0.1) is 6.04 Å². The summed E-state index contributed by atoms with van der Waals surface area (Å²) in [6.07, 6.45) is 3.06. The molecule has 0 radical (unpaired) electrons. The predicted molar refractivity (Wildman–Crippen MR) is 87.9 cm³/mol. The Hall–Kier alpha value is -2.01. The molecule has 2 heterocycles. The van der Waals surface area contributed by atoms with Crippen LogP contribution in [0.4, 0.5) is 0 Å². The van der Waals surface area contributed by atoms with E-state index in [2.05, 4.69) is 44.4 Å². The second-order valence-electron chi connectivity index (χ2n) is 5.58. The average molecular weight is 359 g/mol. The lowest BCUT2D eigenvalue weighted by atomic mass is 9.91. The van der Waals surface area contributed by atoms with Gasteiger partial charge in [0.25, 0.3) is 5.91 Å². The van der Waals surface area contributed by atoms with E-state index in [-0.39, 0.29) is 11.9 Å². The summed E-state index contributed by atoms with van der Waals surface area (Å²) in [5, 5.41) is 4.34. The first-order valence-corrected chi connectivity index (χ1v) is 8.17. The van der Waals surface area contributed by atoms with Gasteiger partial charge in [-0.1, -0.05) is 18.2 Å². The highest BCUT2D eigenvalue weighted by atomic mass is 79.9. The number of nitrogens with one attached hydrogen (secondary N) is 2. The lowest BCUT2D eigenvalue weighted by molar-refractivity contribution is 0.0902. The van der Waals surface area contributed by atoms with Gasteiger partial charge in [0.2, 0.25) is 0 Å². The third-order valence-corrected chi connectivity index (χ3v) is 4.64. The van der Waals surface area contributed by atoms with Crippen LogP contribution in [0.25, 0.3) is 10.9 Å². The highest BCUT2D eigenvalue weighted by Gasteiger charge is 2.26.